The van der Waals surface area contributed by atoms with Crippen molar-refractivity contribution in [2.75, 3.05) is 33.2 Å². The summed E-state index contributed by atoms with van der Waals surface area (Å²) in [6, 6.07) is 8.79. The van der Waals surface area contributed by atoms with Crippen molar-refractivity contribution in [1.82, 2.24) is 19.4 Å². The van der Waals surface area contributed by atoms with Gasteiger partial charge in [-0.15, -0.1) is 0 Å². The van der Waals surface area contributed by atoms with Crippen LogP contribution in [0.15, 0.2) is 36.8 Å². The third-order valence-corrected chi connectivity index (χ3v) is 4.16. The van der Waals surface area contributed by atoms with E-state index in [-0.39, 0.29) is 0 Å². The van der Waals surface area contributed by atoms with Crippen LogP contribution < -0.4 is 0 Å². The minimum atomic E-state index is 0.545. The van der Waals surface area contributed by atoms with Crippen molar-refractivity contribution in [1.29, 1.82) is 0 Å². The molecule has 112 valence electrons. The SMILES string of the molecule is CN1CCN(Cc2cccc(Cn3cnc(Cl)c3)c2)CC1. The molecule has 4 nitrogen and oxygen atoms in total. The molecule has 2 aromatic rings. The van der Waals surface area contributed by atoms with Gasteiger partial charge in [0.2, 0.25) is 0 Å². The summed E-state index contributed by atoms with van der Waals surface area (Å²) < 4.78 is 2.01. The molecule has 21 heavy (non-hydrogen) atoms. The van der Waals surface area contributed by atoms with Crippen molar-refractivity contribution in [2.24, 2.45) is 0 Å². The van der Waals surface area contributed by atoms with Crippen LogP contribution in [0, 0.1) is 0 Å². The molecular formula is C16H21ClN4. The highest BCUT2D eigenvalue weighted by molar-refractivity contribution is 6.29. The lowest BCUT2D eigenvalue weighted by Crippen LogP contribution is -2.43. The van der Waals surface area contributed by atoms with E-state index in [0.717, 1.165) is 39.3 Å². The molecule has 0 saturated carbocycles. The minimum Gasteiger partial charge on any atom is -0.331 e. The van der Waals surface area contributed by atoms with E-state index in [2.05, 4.69) is 46.1 Å². The van der Waals surface area contributed by atoms with E-state index >= 15 is 0 Å². The predicted octanol–water partition coefficient (Wildman–Crippen LogP) is 2.33. The standard InChI is InChI=1S/C16H21ClN4/c1-19-5-7-20(8-6-19)10-14-3-2-4-15(9-14)11-21-12-16(17)18-13-21/h2-4,9,12-13H,5-8,10-11H2,1H3. The highest BCUT2D eigenvalue weighted by Gasteiger charge is 2.13. The Labute approximate surface area is 130 Å². The highest BCUT2D eigenvalue weighted by atomic mass is 35.5. The van der Waals surface area contributed by atoms with Gasteiger partial charge in [-0.2, -0.15) is 0 Å². The molecule has 1 aliphatic rings. The van der Waals surface area contributed by atoms with E-state index in [9.17, 15) is 0 Å². The van der Waals surface area contributed by atoms with E-state index in [4.69, 9.17) is 11.6 Å². The Balaban J connectivity index is 1.63. The maximum Gasteiger partial charge on any atom is 0.146 e. The van der Waals surface area contributed by atoms with Gasteiger partial charge in [0.15, 0.2) is 0 Å². The largest absolute Gasteiger partial charge is 0.331 e. The molecule has 0 spiro atoms. The summed E-state index contributed by atoms with van der Waals surface area (Å²) in [5.41, 5.74) is 2.67. The summed E-state index contributed by atoms with van der Waals surface area (Å²) >= 11 is 5.86. The number of benzene rings is 1. The Morgan fingerprint density at radius 1 is 1.10 bits per heavy atom. The smallest absolute Gasteiger partial charge is 0.146 e. The lowest BCUT2D eigenvalue weighted by Gasteiger charge is -2.32. The van der Waals surface area contributed by atoms with Gasteiger partial charge in [0.1, 0.15) is 5.15 Å². The van der Waals surface area contributed by atoms with Gasteiger partial charge in [-0.3, -0.25) is 4.90 Å². The van der Waals surface area contributed by atoms with E-state index in [1.807, 2.05) is 10.8 Å². The molecule has 5 heteroatoms. The summed E-state index contributed by atoms with van der Waals surface area (Å²) in [6.45, 7) is 6.47. The molecule has 2 heterocycles. The molecule has 0 unspecified atom stereocenters. The van der Waals surface area contributed by atoms with Gasteiger partial charge in [0.05, 0.1) is 6.33 Å². The third kappa shape index (κ3) is 4.06. The van der Waals surface area contributed by atoms with Gasteiger partial charge in [0, 0.05) is 45.5 Å². The zero-order chi connectivity index (χ0) is 14.7. The predicted molar refractivity (Wildman–Crippen MR) is 85.6 cm³/mol. The van der Waals surface area contributed by atoms with Crippen molar-refractivity contribution in [3.05, 3.63) is 53.1 Å². The van der Waals surface area contributed by atoms with Crippen LogP contribution in [0.25, 0.3) is 0 Å². The Morgan fingerprint density at radius 3 is 2.48 bits per heavy atom. The fourth-order valence-electron chi connectivity index (χ4n) is 2.72. The molecule has 3 rings (SSSR count). The van der Waals surface area contributed by atoms with Gasteiger partial charge in [-0.25, -0.2) is 4.98 Å². The Morgan fingerprint density at radius 2 is 1.81 bits per heavy atom. The van der Waals surface area contributed by atoms with E-state index in [1.165, 1.54) is 11.1 Å². The first-order valence-corrected chi connectivity index (χ1v) is 7.73. The molecule has 1 fully saturated rings. The molecule has 0 radical (unpaired) electrons. The van der Waals surface area contributed by atoms with Gasteiger partial charge in [0.25, 0.3) is 0 Å². The average Bonchev–Trinajstić information content (AvgIpc) is 2.87. The summed E-state index contributed by atoms with van der Waals surface area (Å²) in [6.07, 6.45) is 3.63. The molecule has 1 saturated heterocycles. The van der Waals surface area contributed by atoms with Gasteiger partial charge in [-0.1, -0.05) is 35.9 Å². The van der Waals surface area contributed by atoms with Crippen LogP contribution in [-0.2, 0) is 13.1 Å². The molecule has 0 N–H and O–H groups in total. The summed E-state index contributed by atoms with van der Waals surface area (Å²) in [5.74, 6) is 0. The second-order valence-electron chi connectivity index (χ2n) is 5.77. The normalized spacial score (nSPS) is 17.2. The zero-order valence-electron chi connectivity index (χ0n) is 12.4. The molecular weight excluding hydrogens is 284 g/mol. The molecule has 1 aromatic heterocycles. The van der Waals surface area contributed by atoms with Crippen LogP contribution in [0.5, 0.6) is 0 Å². The van der Waals surface area contributed by atoms with Crippen molar-refractivity contribution in [3.8, 4) is 0 Å². The first-order valence-electron chi connectivity index (χ1n) is 7.35. The fourth-order valence-corrected chi connectivity index (χ4v) is 2.89. The maximum atomic E-state index is 5.86. The van der Waals surface area contributed by atoms with Gasteiger partial charge < -0.3 is 9.47 Å². The highest BCUT2D eigenvalue weighted by Crippen LogP contribution is 2.12. The number of hydrogen-bond acceptors (Lipinski definition) is 3. The van der Waals surface area contributed by atoms with Crippen LogP contribution in [0.4, 0.5) is 0 Å². The Hall–Kier alpha value is -1.36. The van der Waals surface area contributed by atoms with Crippen molar-refractivity contribution < 1.29 is 0 Å². The van der Waals surface area contributed by atoms with Crippen LogP contribution >= 0.6 is 11.6 Å². The second-order valence-corrected chi connectivity index (χ2v) is 6.16. The molecule has 0 atom stereocenters. The lowest BCUT2D eigenvalue weighted by molar-refractivity contribution is 0.148. The molecule has 0 amide bonds. The van der Waals surface area contributed by atoms with E-state index < -0.39 is 0 Å². The maximum absolute atomic E-state index is 5.86. The molecule has 0 bridgehead atoms. The third-order valence-electron chi connectivity index (χ3n) is 3.96. The summed E-state index contributed by atoms with van der Waals surface area (Å²) in [5, 5.41) is 0.545. The number of halogens is 1. The number of nitrogens with zero attached hydrogens (tertiary/aromatic N) is 4. The summed E-state index contributed by atoms with van der Waals surface area (Å²) in [4.78, 5) is 8.96. The average molecular weight is 305 g/mol. The van der Waals surface area contributed by atoms with Crippen LogP contribution in [0.1, 0.15) is 11.1 Å². The summed E-state index contributed by atoms with van der Waals surface area (Å²) in [7, 11) is 2.19. The molecule has 1 aromatic carbocycles. The van der Waals surface area contributed by atoms with Crippen LogP contribution in [0.2, 0.25) is 5.15 Å². The second kappa shape index (κ2) is 6.60. The van der Waals surface area contributed by atoms with Gasteiger partial charge >= 0.3 is 0 Å². The lowest BCUT2D eigenvalue weighted by atomic mass is 10.1. The van der Waals surface area contributed by atoms with E-state index in [0.29, 0.717) is 5.15 Å². The van der Waals surface area contributed by atoms with Crippen molar-refractivity contribution >= 4 is 11.6 Å². The number of piperazine rings is 1. The molecule has 0 aliphatic carbocycles. The monoisotopic (exact) mass is 304 g/mol. The van der Waals surface area contributed by atoms with Crippen molar-refractivity contribution in [2.45, 2.75) is 13.1 Å². The first-order chi connectivity index (χ1) is 10.2. The Bertz CT molecular complexity index is 587. The Kier molecular flexibility index (Phi) is 4.58. The number of aromatic nitrogens is 2. The number of imidazole rings is 1. The number of hydrogen-bond donors (Lipinski definition) is 0. The van der Waals surface area contributed by atoms with Crippen LogP contribution in [-0.4, -0.2) is 52.6 Å². The topological polar surface area (TPSA) is 24.3 Å². The van der Waals surface area contributed by atoms with E-state index in [1.54, 1.807) is 6.33 Å². The number of rotatable bonds is 4. The quantitative estimate of drug-likeness (QED) is 0.866. The zero-order valence-corrected chi connectivity index (χ0v) is 13.1. The van der Waals surface area contributed by atoms with Crippen LogP contribution in [0.3, 0.4) is 0 Å². The minimum absolute atomic E-state index is 0.545. The first kappa shape index (κ1) is 14.6. The number of likely N-dealkylation sites (N-methyl/N-ethyl adjacent to an activating group) is 1. The van der Waals surface area contributed by atoms with Crippen molar-refractivity contribution in [3.63, 3.8) is 0 Å². The molecule has 1 aliphatic heterocycles. The van der Waals surface area contributed by atoms with Gasteiger partial charge in [-0.05, 0) is 18.2 Å². The fraction of sp³-hybridized carbons (Fsp3) is 0.438.